The van der Waals surface area contributed by atoms with Gasteiger partial charge >= 0.3 is 0 Å². The van der Waals surface area contributed by atoms with Crippen LogP contribution in [0.2, 0.25) is 0 Å². The first kappa shape index (κ1) is 12.3. The van der Waals surface area contributed by atoms with Crippen LogP contribution < -0.4 is 5.73 Å². The summed E-state index contributed by atoms with van der Waals surface area (Å²) in [5, 5.41) is 0. The van der Waals surface area contributed by atoms with Crippen LogP contribution in [-0.2, 0) is 0 Å². The molecule has 1 saturated heterocycles. The van der Waals surface area contributed by atoms with E-state index in [1.54, 1.807) is 0 Å². The van der Waals surface area contributed by atoms with E-state index in [1.807, 2.05) is 0 Å². The van der Waals surface area contributed by atoms with E-state index in [2.05, 4.69) is 23.6 Å². The van der Waals surface area contributed by atoms with Gasteiger partial charge in [0.25, 0.3) is 0 Å². The zero-order valence-electron chi connectivity index (χ0n) is 10.9. The minimum atomic E-state index is 0.603. The van der Waals surface area contributed by atoms with Gasteiger partial charge in [-0.3, -0.25) is 9.80 Å². The van der Waals surface area contributed by atoms with Gasteiger partial charge in [-0.05, 0) is 18.8 Å². The summed E-state index contributed by atoms with van der Waals surface area (Å²) in [6.45, 7) is 10.4. The first-order valence-corrected chi connectivity index (χ1v) is 6.94. The Labute approximate surface area is 100.0 Å². The fourth-order valence-corrected chi connectivity index (χ4v) is 2.89. The average molecular weight is 225 g/mol. The number of hydrogen-bond acceptors (Lipinski definition) is 3. The van der Waals surface area contributed by atoms with Crippen molar-refractivity contribution in [2.45, 2.75) is 45.2 Å². The molecule has 0 aromatic rings. The molecular formula is C13H27N3. The third-order valence-corrected chi connectivity index (χ3v) is 4.42. The smallest absolute Gasteiger partial charge is 0.0244 e. The molecule has 1 aliphatic heterocycles. The highest BCUT2D eigenvalue weighted by molar-refractivity contribution is 4.89. The predicted octanol–water partition coefficient (Wildman–Crippen LogP) is 1.14. The molecule has 1 saturated carbocycles. The van der Waals surface area contributed by atoms with Gasteiger partial charge in [-0.15, -0.1) is 0 Å². The molecule has 2 fully saturated rings. The Morgan fingerprint density at radius 3 is 2.25 bits per heavy atom. The Kier molecular flexibility index (Phi) is 4.22. The lowest BCUT2D eigenvalue weighted by atomic mass is 9.97. The van der Waals surface area contributed by atoms with Gasteiger partial charge in [-0.2, -0.15) is 0 Å². The van der Waals surface area contributed by atoms with E-state index in [-0.39, 0.29) is 0 Å². The van der Waals surface area contributed by atoms with Crippen molar-refractivity contribution in [2.75, 3.05) is 32.7 Å². The van der Waals surface area contributed by atoms with Crippen molar-refractivity contribution >= 4 is 0 Å². The minimum Gasteiger partial charge on any atom is -0.329 e. The standard InChI is InChI=1S/C13H27N3/c1-3-11(2)13(10-14)16-8-6-15(7-9-16)12-4-5-12/h11-13H,3-10,14H2,1-2H3. The predicted molar refractivity (Wildman–Crippen MR) is 68.5 cm³/mol. The van der Waals surface area contributed by atoms with Crippen molar-refractivity contribution in [3.63, 3.8) is 0 Å². The summed E-state index contributed by atoms with van der Waals surface area (Å²) < 4.78 is 0. The van der Waals surface area contributed by atoms with E-state index in [9.17, 15) is 0 Å². The van der Waals surface area contributed by atoms with Crippen LogP contribution in [-0.4, -0.2) is 54.6 Å². The molecule has 3 heteroatoms. The highest BCUT2D eigenvalue weighted by Crippen LogP contribution is 2.28. The molecule has 94 valence electrons. The molecule has 0 spiro atoms. The molecule has 16 heavy (non-hydrogen) atoms. The van der Waals surface area contributed by atoms with E-state index in [0.717, 1.165) is 18.5 Å². The Morgan fingerprint density at radius 1 is 1.19 bits per heavy atom. The molecule has 2 rings (SSSR count). The van der Waals surface area contributed by atoms with Gasteiger partial charge < -0.3 is 5.73 Å². The van der Waals surface area contributed by atoms with Crippen molar-refractivity contribution < 1.29 is 0 Å². The van der Waals surface area contributed by atoms with Crippen LogP contribution in [0.3, 0.4) is 0 Å². The normalized spacial score (nSPS) is 27.9. The summed E-state index contributed by atoms with van der Waals surface area (Å²) in [7, 11) is 0. The summed E-state index contributed by atoms with van der Waals surface area (Å²) in [6.07, 6.45) is 4.11. The largest absolute Gasteiger partial charge is 0.329 e. The fourth-order valence-electron chi connectivity index (χ4n) is 2.89. The molecule has 0 amide bonds. The summed E-state index contributed by atoms with van der Waals surface area (Å²) in [6, 6.07) is 1.54. The van der Waals surface area contributed by atoms with Gasteiger partial charge in [0.05, 0.1) is 0 Å². The van der Waals surface area contributed by atoms with Gasteiger partial charge in [0.15, 0.2) is 0 Å². The molecule has 1 aliphatic carbocycles. The number of rotatable bonds is 5. The Bertz CT molecular complexity index is 207. The van der Waals surface area contributed by atoms with E-state index in [4.69, 9.17) is 5.73 Å². The van der Waals surface area contributed by atoms with E-state index in [1.165, 1.54) is 45.4 Å². The maximum Gasteiger partial charge on any atom is 0.0244 e. The minimum absolute atomic E-state index is 0.603. The zero-order valence-corrected chi connectivity index (χ0v) is 10.9. The average Bonchev–Trinajstić information content (AvgIpc) is 3.14. The third-order valence-electron chi connectivity index (χ3n) is 4.42. The number of nitrogens with two attached hydrogens (primary N) is 1. The molecule has 1 heterocycles. The molecule has 2 unspecified atom stereocenters. The van der Waals surface area contributed by atoms with Crippen LogP contribution in [0.5, 0.6) is 0 Å². The molecule has 0 aromatic heterocycles. The second kappa shape index (κ2) is 5.48. The number of nitrogens with zero attached hydrogens (tertiary/aromatic N) is 2. The quantitative estimate of drug-likeness (QED) is 0.761. The van der Waals surface area contributed by atoms with Crippen LogP contribution in [0.4, 0.5) is 0 Å². The number of hydrogen-bond donors (Lipinski definition) is 1. The number of piperazine rings is 1. The van der Waals surface area contributed by atoms with Crippen LogP contribution >= 0.6 is 0 Å². The summed E-state index contributed by atoms with van der Waals surface area (Å²) in [5.74, 6) is 0.734. The van der Waals surface area contributed by atoms with Crippen LogP contribution in [0.25, 0.3) is 0 Å². The van der Waals surface area contributed by atoms with Crippen molar-refractivity contribution in [2.24, 2.45) is 11.7 Å². The fraction of sp³-hybridized carbons (Fsp3) is 1.00. The summed E-state index contributed by atoms with van der Waals surface area (Å²) in [4.78, 5) is 5.29. The lowest BCUT2D eigenvalue weighted by molar-refractivity contribution is 0.0716. The molecule has 2 atom stereocenters. The van der Waals surface area contributed by atoms with Crippen molar-refractivity contribution in [1.29, 1.82) is 0 Å². The Hall–Kier alpha value is -0.120. The van der Waals surface area contributed by atoms with Crippen molar-refractivity contribution in [1.82, 2.24) is 9.80 Å². The molecule has 0 bridgehead atoms. The van der Waals surface area contributed by atoms with Gasteiger partial charge in [0, 0.05) is 44.8 Å². The van der Waals surface area contributed by atoms with Crippen LogP contribution in [0.1, 0.15) is 33.1 Å². The first-order chi connectivity index (χ1) is 7.76. The maximum absolute atomic E-state index is 5.93. The maximum atomic E-state index is 5.93. The SMILES string of the molecule is CCC(C)C(CN)N1CCN(C2CC2)CC1. The van der Waals surface area contributed by atoms with Gasteiger partial charge in [-0.25, -0.2) is 0 Å². The van der Waals surface area contributed by atoms with Gasteiger partial charge in [-0.1, -0.05) is 20.3 Å². The van der Waals surface area contributed by atoms with Gasteiger partial charge in [0.1, 0.15) is 0 Å². The first-order valence-electron chi connectivity index (χ1n) is 6.94. The van der Waals surface area contributed by atoms with Crippen LogP contribution in [0, 0.1) is 5.92 Å². The summed E-state index contributed by atoms with van der Waals surface area (Å²) >= 11 is 0. The highest BCUT2D eigenvalue weighted by atomic mass is 15.3. The second-order valence-corrected chi connectivity index (χ2v) is 5.49. The lowest BCUT2D eigenvalue weighted by Crippen LogP contribution is -2.54. The van der Waals surface area contributed by atoms with Crippen molar-refractivity contribution in [3.8, 4) is 0 Å². The second-order valence-electron chi connectivity index (χ2n) is 5.49. The molecular weight excluding hydrogens is 198 g/mol. The molecule has 2 aliphatic rings. The third kappa shape index (κ3) is 2.76. The molecule has 3 nitrogen and oxygen atoms in total. The van der Waals surface area contributed by atoms with Gasteiger partial charge in [0.2, 0.25) is 0 Å². The summed E-state index contributed by atoms with van der Waals surface area (Å²) in [5.41, 5.74) is 5.93. The van der Waals surface area contributed by atoms with Crippen molar-refractivity contribution in [3.05, 3.63) is 0 Å². The molecule has 0 aromatic carbocycles. The molecule has 0 radical (unpaired) electrons. The monoisotopic (exact) mass is 225 g/mol. The van der Waals surface area contributed by atoms with E-state index < -0.39 is 0 Å². The lowest BCUT2D eigenvalue weighted by Gasteiger charge is -2.41. The van der Waals surface area contributed by atoms with E-state index in [0.29, 0.717) is 6.04 Å². The topological polar surface area (TPSA) is 32.5 Å². The van der Waals surface area contributed by atoms with E-state index >= 15 is 0 Å². The molecule has 2 N–H and O–H groups in total. The van der Waals surface area contributed by atoms with Crippen LogP contribution in [0.15, 0.2) is 0 Å². The Balaban J connectivity index is 1.81. The highest BCUT2D eigenvalue weighted by Gasteiger charge is 2.33. The Morgan fingerprint density at radius 2 is 1.81 bits per heavy atom. The zero-order chi connectivity index (χ0) is 11.5.